The van der Waals surface area contributed by atoms with Crippen molar-refractivity contribution in [3.05, 3.63) is 47.8 Å². The minimum atomic E-state index is -3.79. The van der Waals surface area contributed by atoms with E-state index in [0.717, 1.165) is 12.0 Å². The number of aromatic carboxylic acids is 1. The number of sulfonamides is 1. The van der Waals surface area contributed by atoms with Gasteiger partial charge in [-0.25, -0.2) is 13.2 Å². The van der Waals surface area contributed by atoms with E-state index in [4.69, 9.17) is 5.11 Å². The number of para-hydroxylation sites is 1. The smallest absolute Gasteiger partial charge is 0.352 e. The third-order valence-electron chi connectivity index (χ3n) is 4.09. The van der Waals surface area contributed by atoms with Crippen LogP contribution in [-0.4, -0.2) is 30.6 Å². The van der Waals surface area contributed by atoms with Gasteiger partial charge in [0.25, 0.3) is 10.0 Å². The highest BCUT2D eigenvalue weighted by Crippen LogP contribution is 2.34. The van der Waals surface area contributed by atoms with Crippen molar-refractivity contribution in [2.45, 2.75) is 18.2 Å². The number of benzene rings is 1. The first-order valence-electron chi connectivity index (χ1n) is 7.31. The van der Waals surface area contributed by atoms with Crippen LogP contribution < -0.4 is 4.31 Å². The quantitative estimate of drug-likeness (QED) is 0.932. The molecule has 1 aliphatic heterocycles. The van der Waals surface area contributed by atoms with Crippen molar-refractivity contribution in [2.24, 2.45) is 13.0 Å². The van der Waals surface area contributed by atoms with E-state index in [0.29, 0.717) is 12.2 Å². The largest absolute Gasteiger partial charge is 0.477 e. The molecule has 1 aromatic carbocycles. The standard InChI is InChI=1S/C16H18N2O4S/c1-11-7-12-5-3-4-6-14(12)18(9-11)23(21,22)13-8-15(16(19)20)17(2)10-13/h3-6,8,10-11H,7,9H2,1-2H3,(H,19,20). The maximum atomic E-state index is 13.0. The maximum Gasteiger partial charge on any atom is 0.352 e. The first-order valence-corrected chi connectivity index (χ1v) is 8.75. The van der Waals surface area contributed by atoms with Crippen molar-refractivity contribution in [2.75, 3.05) is 10.8 Å². The van der Waals surface area contributed by atoms with Gasteiger partial charge in [-0.05, 0) is 30.0 Å². The molecular weight excluding hydrogens is 316 g/mol. The fraction of sp³-hybridized carbons (Fsp3) is 0.312. The average molecular weight is 334 g/mol. The first kappa shape index (κ1) is 15.6. The van der Waals surface area contributed by atoms with Crippen molar-refractivity contribution in [1.82, 2.24) is 4.57 Å². The Morgan fingerprint density at radius 2 is 2.00 bits per heavy atom. The number of rotatable bonds is 3. The third kappa shape index (κ3) is 2.61. The number of anilines is 1. The van der Waals surface area contributed by atoms with Gasteiger partial charge in [0.2, 0.25) is 0 Å². The fourth-order valence-corrected chi connectivity index (χ4v) is 4.69. The Morgan fingerprint density at radius 3 is 2.65 bits per heavy atom. The molecule has 6 nitrogen and oxygen atoms in total. The number of carboxylic acids is 1. The molecule has 23 heavy (non-hydrogen) atoms. The van der Waals surface area contributed by atoms with Gasteiger partial charge in [-0.1, -0.05) is 25.1 Å². The lowest BCUT2D eigenvalue weighted by molar-refractivity contribution is 0.0686. The molecule has 0 aliphatic carbocycles. The van der Waals surface area contributed by atoms with Gasteiger partial charge in [0.05, 0.1) is 5.69 Å². The summed E-state index contributed by atoms with van der Waals surface area (Å²) in [5, 5.41) is 9.13. The summed E-state index contributed by atoms with van der Waals surface area (Å²) in [4.78, 5) is 11.2. The van der Waals surface area contributed by atoms with Crippen LogP contribution in [-0.2, 0) is 23.5 Å². The Kier molecular flexibility index (Phi) is 3.68. The molecule has 0 bridgehead atoms. The molecular formula is C16H18N2O4S. The monoisotopic (exact) mass is 334 g/mol. The van der Waals surface area contributed by atoms with E-state index < -0.39 is 16.0 Å². The third-order valence-corrected chi connectivity index (χ3v) is 5.84. The van der Waals surface area contributed by atoms with Crippen LogP contribution in [0.3, 0.4) is 0 Å². The zero-order valence-corrected chi connectivity index (χ0v) is 13.7. The Balaban J connectivity index is 2.10. The van der Waals surface area contributed by atoms with Crippen LogP contribution in [0.15, 0.2) is 41.4 Å². The van der Waals surface area contributed by atoms with Crippen molar-refractivity contribution < 1.29 is 18.3 Å². The van der Waals surface area contributed by atoms with E-state index in [-0.39, 0.29) is 16.5 Å². The number of nitrogens with zero attached hydrogens (tertiary/aromatic N) is 2. The predicted octanol–water partition coefficient (Wildman–Crippen LogP) is 2.11. The zero-order chi connectivity index (χ0) is 16.8. The highest BCUT2D eigenvalue weighted by Gasteiger charge is 2.33. The van der Waals surface area contributed by atoms with Gasteiger partial charge in [-0.15, -0.1) is 0 Å². The molecule has 1 aliphatic rings. The number of aromatic nitrogens is 1. The number of aryl methyl sites for hydroxylation is 1. The molecule has 0 amide bonds. The normalized spacial score (nSPS) is 17.8. The first-order chi connectivity index (χ1) is 10.8. The number of carboxylic acid groups (broad SMARTS) is 1. The predicted molar refractivity (Wildman–Crippen MR) is 86.2 cm³/mol. The Morgan fingerprint density at radius 1 is 1.30 bits per heavy atom. The van der Waals surface area contributed by atoms with E-state index >= 15 is 0 Å². The van der Waals surface area contributed by atoms with Gasteiger partial charge >= 0.3 is 5.97 Å². The van der Waals surface area contributed by atoms with Gasteiger partial charge < -0.3 is 9.67 Å². The summed E-state index contributed by atoms with van der Waals surface area (Å²) in [6.07, 6.45) is 2.18. The molecule has 2 aromatic rings. The second-order valence-electron chi connectivity index (χ2n) is 5.95. The van der Waals surface area contributed by atoms with E-state index in [1.807, 2.05) is 25.1 Å². The molecule has 1 N–H and O–H groups in total. The molecule has 0 radical (unpaired) electrons. The lowest BCUT2D eigenvalue weighted by Crippen LogP contribution is -2.39. The highest BCUT2D eigenvalue weighted by molar-refractivity contribution is 7.92. The van der Waals surface area contributed by atoms with Crippen LogP contribution in [0.2, 0.25) is 0 Å². The van der Waals surface area contributed by atoms with Gasteiger partial charge in [0.1, 0.15) is 10.6 Å². The lowest BCUT2D eigenvalue weighted by atomic mass is 9.96. The molecule has 1 atom stereocenters. The number of hydrogen-bond acceptors (Lipinski definition) is 3. The number of hydrogen-bond donors (Lipinski definition) is 1. The molecule has 0 saturated carbocycles. The van der Waals surface area contributed by atoms with Gasteiger partial charge in [0, 0.05) is 19.8 Å². The van der Waals surface area contributed by atoms with Gasteiger partial charge in [0.15, 0.2) is 0 Å². The molecule has 0 saturated heterocycles. The van der Waals surface area contributed by atoms with E-state index in [2.05, 4.69) is 0 Å². The minimum Gasteiger partial charge on any atom is -0.477 e. The summed E-state index contributed by atoms with van der Waals surface area (Å²) in [6.45, 7) is 2.39. The van der Waals surface area contributed by atoms with Crippen LogP contribution in [0, 0.1) is 5.92 Å². The fourth-order valence-electron chi connectivity index (χ4n) is 2.99. The van der Waals surface area contributed by atoms with Crippen LogP contribution in [0.1, 0.15) is 23.0 Å². The van der Waals surface area contributed by atoms with Gasteiger partial charge in [-0.2, -0.15) is 0 Å². The van der Waals surface area contributed by atoms with Crippen molar-refractivity contribution >= 4 is 21.7 Å². The Labute approximate surface area is 135 Å². The summed E-state index contributed by atoms with van der Waals surface area (Å²) >= 11 is 0. The number of carbonyl (C=O) groups is 1. The second kappa shape index (κ2) is 5.42. The summed E-state index contributed by atoms with van der Waals surface area (Å²) in [6, 6.07) is 8.64. The lowest BCUT2D eigenvalue weighted by Gasteiger charge is -2.33. The Bertz CT molecular complexity index is 870. The second-order valence-corrected chi connectivity index (χ2v) is 7.81. The zero-order valence-electron chi connectivity index (χ0n) is 12.9. The molecule has 0 fully saturated rings. The van der Waals surface area contributed by atoms with Gasteiger partial charge in [-0.3, -0.25) is 4.31 Å². The van der Waals surface area contributed by atoms with Crippen molar-refractivity contribution in [3.8, 4) is 0 Å². The van der Waals surface area contributed by atoms with Crippen molar-refractivity contribution in [1.29, 1.82) is 0 Å². The molecule has 122 valence electrons. The summed E-state index contributed by atoms with van der Waals surface area (Å²) in [5.41, 5.74) is 1.61. The molecule has 1 unspecified atom stereocenters. The molecule has 1 aromatic heterocycles. The average Bonchev–Trinajstić information content (AvgIpc) is 2.89. The SMILES string of the molecule is CC1Cc2ccccc2N(S(=O)(=O)c2cc(C(=O)O)n(C)c2)C1. The van der Waals surface area contributed by atoms with Crippen LogP contribution in [0.25, 0.3) is 0 Å². The van der Waals surface area contributed by atoms with Crippen molar-refractivity contribution in [3.63, 3.8) is 0 Å². The van der Waals surface area contributed by atoms with Crippen LogP contribution in [0.4, 0.5) is 5.69 Å². The topological polar surface area (TPSA) is 79.6 Å². The van der Waals surface area contributed by atoms with E-state index in [9.17, 15) is 13.2 Å². The Hall–Kier alpha value is -2.28. The number of fused-ring (bicyclic) bond motifs is 1. The molecule has 0 spiro atoms. The minimum absolute atomic E-state index is 0.00121. The summed E-state index contributed by atoms with van der Waals surface area (Å²) < 4.78 is 28.7. The molecule has 2 heterocycles. The van der Waals surface area contributed by atoms with E-state index in [1.54, 1.807) is 6.07 Å². The van der Waals surface area contributed by atoms with E-state index in [1.165, 1.54) is 28.2 Å². The maximum absolute atomic E-state index is 13.0. The molecule has 7 heteroatoms. The van der Waals surface area contributed by atoms with Crippen LogP contribution >= 0.6 is 0 Å². The summed E-state index contributed by atoms with van der Waals surface area (Å²) in [7, 11) is -2.27. The molecule has 3 rings (SSSR count). The van der Waals surface area contributed by atoms with Crippen LogP contribution in [0.5, 0.6) is 0 Å². The highest BCUT2D eigenvalue weighted by atomic mass is 32.2. The summed E-state index contributed by atoms with van der Waals surface area (Å²) in [5.74, 6) is -0.955.